The van der Waals surface area contributed by atoms with Gasteiger partial charge in [0.05, 0.1) is 13.1 Å². The summed E-state index contributed by atoms with van der Waals surface area (Å²) in [4.78, 5) is 24.7. The van der Waals surface area contributed by atoms with E-state index in [1.807, 2.05) is 83.9 Å². The third kappa shape index (κ3) is 6.02. The van der Waals surface area contributed by atoms with Gasteiger partial charge in [-0.15, -0.1) is 0 Å². The number of rotatable bonds is 8. The van der Waals surface area contributed by atoms with E-state index in [1.165, 1.54) is 0 Å². The van der Waals surface area contributed by atoms with Gasteiger partial charge in [-0.1, -0.05) is 24.3 Å². The molecule has 2 aromatic carbocycles. The quantitative estimate of drug-likeness (QED) is 0.221. The van der Waals surface area contributed by atoms with Gasteiger partial charge in [0.1, 0.15) is 0 Å². The number of nitrogens with two attached hydrogens (primary N) is 2. The predicted octanol–water partition coefficient (Wildman–Crippen LogP) is 3.91. The average Bonchev–Trinajstić information content (AvgIpc) is 3.34. The first-order chi connectivity index (χ1) is 16.9. The standard InChI is InChI=1S/C28H32N4O4/c1-19-5-7-21-11-13-31(23(21)15-19)17-27(3,29)35-25(33)9-10-26(34)36-28(4,30)18-32-14-12-22-8-6-20(2)16-24(22)32/h5-16H,17-18,29-30H2,1-4H3/b10-9+. The topological polar surface area (TPSA) is 114 Å². The molecule has 36 heavy (non-hydrogen) atoms. The highest BCUT2D eigenvalue weighted by Gasteiger charge is 2.26. The number of aryl methyl sites for hydroxylation is 2. The fraction of sp³-hybridized carbons (Fsp3) is 0.286. The molecule has 2 unspecified atom stereocenters. The summed E-state index contributed by atoms with van der Waals surface area (Å²) in [5.41, 5.74) is 14.1. The molecule has 8 heteroatoms. The first-order valence-corrected chi connectivity index (χ1v) is 11.7. The van der Waals surface area contributed by atoms with Crippen LogP contribution < -0.4 is 11.5 Å². The minimum atomic E-state index is -1.29. The lowest BCUT2D eigenvalue weighted by atomic mass is 10.2. The Morgan fingerprint density at radius 1 is 0.750 bits per heavy atom. The second kappa shape index (κ2) is 9.64. The van der Waals surface area contributed by atoms with E-state index in [9.17, 15) is 9.59 Å². The lowest BCUT2D eigenvalue weighted by Gasteiger charge is -2.26. The van der Waals surface area contributed by atoms with Gasteiger partial charge >= 0.3 is 11.9 Å². The Balaban J connectivity index is 1.34. The van der Waals surface area contributed by atoms with Crippen LogP contribution in [0.15, 0.2) is 73.1 Å². The summed E-state index contributed by atoms with van der Waals surface area (Å²) in [5, 5.41) is 2.14. The zero-order valence-electron chi connectivity index (χ0n) is 21.0. The normalized spacial score (nSPS) is 15.2. The van der Waals surface area contributed by atoms with E-state index in [2.05, 4.69) is 0 Å². The molecular weight excluding hydrogens is 456 g/mol. The average molecular weight is 489 g/mol. The second-order valence-electron chi connectivity index (χ2n) is 9.81. The van der Waals surface area contributed by atoms with Crippen LogP contribution in [0.5, 0.6) is 0 Å². The van der Waals surface area contributed by atoms with Gasteiger partial charge < -0.3 is 18.6 Å². The van der Waals surface area contributed by atoms with Gasteiger partial charge in [-0.05, 0) is 73.9 Å². The number of aromatic nitrogens is 2. The highest BCUT2D eigenvalue weighted by Crippen LogP contribution is 2.21. The van der Waals surface area contributed by atoms with Crippen molar-refractivity contribution in [2.75, 3.05) is 0 Å². The van der Waals surface area contributed by atoms with Crippen LogP contribution in [0.1, 0.15) is 25.0 Å². The maximum absolute atomic E-state index is 12.4. The molecule has 0 fully saturated rings. The molecule has 4 N–H and O–H groups in total. The molecule has 0 aliphatic carbocycles. The summed E-state index contributed by atoms with van der Waals surface area (Å²) < 4.78 is 14.7. The van der Waals surface area contributed by atoms with Crippen LogP contribution in [-0.4, -0.2) is 32.5 Å². The molecule has 0 saturated carbocycles. The van der Waals surface area contributed by atoms with E-state index in [0.29, 0.717) is 0 Å². The first-order valence-electron chi connectivity index (χ1n) is 11.7. The molecule has 4 aromatic rings. The van der Waals surface area contributed by atoms with Crippen LogP contribution in [0.25, 0.3) is 21.8 Å². The van der Waals surface area contributed by atoms with Crippen molar-refractivity contribution in [1.29, 1.82) is 0 Å². The van der Waals surface area contributed by atoms with Gasteiger partial charge in [0.2, 0.25) is 0 Å². The van der Waals surface area contributed by atoms with Gasteiger partial charge in [0.15, 0.2) is 11.4 Å². The molecule has 2 heterocycles. The highest BCUT2D eigenvalue weighted by atomic mass is 16.6. The first kappa shape index (κ1) is 25.2. The molecule has 0 aliphatic rings. The molecule has 0 spiro atoms. The third-order valence-electron chi connectivity index (χ3n) is 5.85. The van der Waals surface area contributed by atoms with Crippen LogP contribution >= 0.6 is 0 Å². The molecular formula is C28H32N4O4. The Morgan fingerprint density at radius 2 is 1.14 bits per heavy atom. The monoisotopic (exact) mass is 488 g/mol. The van der Waals surface area contributed by atoms with Gasteiger partial charge in [-0.3, -0.25) is 11.5 Å². The Bertz CT molecular complexity index is 1350. The van der Waals surface area contributed by atoms with Crippen LogP contribution in [0, 0.1) is 13.8 Å². The Hall–Kier alpha value is -3.88. The molecule has 0 saturated heterocycles. The molecule has 0 bridgehead atoms. The summed E-state index contributed by atoms with van der Waals surface area (Å²) in [6.45, 7) is 7.73. The lowest BCUT2D eigenvalue weighted by molar-refractivity contribution is -0.155. The summed E-state index contributed by atoms with van der Waals surface area (Å²) in [6, 6.07) is 16.2. The second-order valence-corrected chi connectivity index (χ2v) is 9.81. The minimum Gasteiger partial charge on any atom is -0.439 e. The zero-order valence-corrected chi connectivity index (χ0v) is 21.0. The molecule has 0 aliphatic heterocycles. The largest absolute Gasteiger partial charge is 0.439 e. The molecule has 2 aromatic heterocycles. The number of benzene rings is 2. The smallest absolute Gasteiger partial charge is 0.332 e. The molecule has 188 valence electrons. The van der Waals surface area contributed by atoms with Gasteiger partial charge in [-0.2, -0.15) is 0 Å². The fourth-order valence-electron chi connectivity index (χ4n) is 4.27. The number of nitrogens with zero attached hydrogens (tertiary/aromatic N) is 2. The number of carbonyl (C=O) groups is 2. The third-order valence-corrected chi connectivity index (χ3v) is 5.85. The number of hydrogen-bond acceptors (Lipinski definition) is 6. The summed E-state index contributed by atoms with van der Waals surface area (Å²) in [6.07, 6.45) is 5.78. The van der Waals surface area contributed by atoms with Crippen molar-refractivity contribution in [2.45, 2.75) is 52.2 Å². The van der Waals surface area contributed by atoms with E-state index < -0.39 is 23.4 Å². The predicted molar refractivity (Wildman–Crippen MR) is 140 cm³/mol. The maximum Gasteiger partial charge on any atom is 0.332 e. The van der Waals surface area contributed by atoms with Crippen LogP contribution in [0.3, 0.4) is 0 Å². The zero-order chi connectivity index (χ0) is 26.1. The lowest BCUT2D eigenvalue weighted by Crippen LogP contribution is -2.45. The van der Waals surface area contributed by atoms with Crippen molar-refractivity contribution >= 4 is 33.7 Å². The van der Waals surface area contributed by atoms with Crippen LogP contribution in [-0.2, 0) is 32.2 Å². The molecule has 4 rings (SSSR count). The van der Waals surface area contributed by atoms with E-state index in [-0.39, 0.29) is 13.1 Å². The van der Waals surface area contributed by atoms with Crippen molar-refractivity contribution in [2.24, 2.45) is 11.5 Å². The van der Waals surface area contributed by atoms with Crippen LogP contribution in [0.2, 0.25) is 0 Å². The highest BCUT2D eigenvalue weighted by molar-refractivity contribution is 5.92. The van der Waals surface area contributed by atoms with E-state index in [4.69, 9.17) is 20.9 Å². The number of ether oxygens (including phenoxy) is 2. The number of hydrogen-bond donors (Lipinski definition) is 2. The van der Waals surface area contributed by atoms with E-state index in [1.54, 1.807) is 13.8 Å². The van der Waals surface area contributed by atoms with Crippen molar-refractivity contribution in [1.82, 2.24) is 9.13 Å². The van der Waals surface area contributed by atoms with Crippen molar-refractivity contribution in [3.8, 4) is 0 Å². The SMILES string of the molecule is Cc1ccc2ccn(CC(C)(N)OC(=O)/C=C/C(=O)OC(C)(N)Cn3ccc4ccc(C)cc43)c2c1. The van der Waals surface area contributed by atoms with Crippen molar-refractivity contribution in [3.05, 3.63) is 84.2 Å². The minimum absolute atomic E-state index is 0.245. The maximum atomic E-state index is 12.4. The fourth-order valence-corrected chi connectivity index (χ4v) is 4.27. The number of fused-ring (bicyclic) bond motifs is 2. The van der Waals surface area contributed by atoms with Gasteiger partial charge in [0.25, 0.3) is 0 Å². The Labute approximate surface area is 210 Å². The molecule has 2 atom stereocenters. The van der Waals surface area contributed by atoms with Gasteiger partial charge in [0, 0.05) is 35.6 Å². The summed E-state index contributed by atoms with van der Waals surface area (Å²) in [7, 11) is 0. The van der Waals surface area contributed by atoms with E-state index in [0.717, 1.165) is 45.1 Å². The Kier molecular flexibility index (Phi) is 6.75. The van der Waals surface area contributed by atoms with Crippen LogP contribution in [0.4, 0.5) is 0 Å². The molecule has 0 radical (unpaired) electrons. The van der Waals surface area contributed by atoms with Crippen molar-refractivity contribution < 1.29 is 19.1 Å². The molecule has 0 amide bonds. The summed E-state index contributed by atoms with van der Waals surface area (Å²) in [5.74, 6) is -1.51. The Morgan fingerprint density at radius 3 is 1.53 bits per heavy atom. The van der Waals surface area contributed by atoms with Crippen molar-refractivity contribution in [3.63, 3.8) is 0 Å². The number of esters is 2. The molecule has 8 nitrogen and oxygen atoms in total. The number of carbonyl (C=O) groups excluding carboxylic acids is 2. The van der Waals surface area contributed by atoms with Gasteiger partial charge in [-0.25, -0.2) is 9.59 Å². The van der Waals surface area contributed by atoms with E-state index >= 15 is 0 Å². The summed E-state index contributed by atoms with van der Waals surface area (Å²) >= 11 is 0.